The van der Waals surface area contributed by atoms with Crippen LogP contribution in [0.15, 0.2) is 18.2 Å². The Morgan fingerprint density at radius 2 is 1.75 bits per heavy atom. The topological polar surface area (TPSA) is 53.9 Å². The molecule has 132 valence electrons. The molecule has 0 aliphatic carbocycles. The predicted octanol–water partition coefficient (Wildman–Crippen LogP) is 1.85. The monoisotopic (exact) mass is 372 g/mol. The molecule has 24 heavy (non-hydrogen) atoms. The van der Waals surface area contributed by atoms with Crippen LogP contribution in [0.3, 0.4) is 0 Å². The van der Waals surface area contributed by atoms with Crippen molar-refractivity contribution in [2.45, 2.75) is 25.7 Å². The number of benzene rings is 1. The van der Waals surface area contributed by atoms with Crippen molar-refractivity contribution in [2.24, 2.45) is 0 Å². The van der Waals surface area contributed by atoms with Crippen LogP contribution in [0.25, 0.3) is 0 Å². The first-order chi connectivity index (χ1) is 11.5. The third-order valence-electron chi connectivity index (χ3n) is 4.08. The van der Waals surface area contributed by atoms with Crippen molar-refractivity contribution in [3.05, 3.63) is 28.2 Å². The van der Waals surface area contributed by atoms with Gasteiger partial charge in [-0.3, -0.25) is 9.59 Å². The summed E-state index contributed by atoms with van der Waals surface area (Å²) < 4.78 is 0. The van der Waals surface area contributed by atoms with E-state index in [0.717, 1.165) is 30.8 Å². The van der Waals surface area contributed by atoms with Gasteiger partial charge in [-0.1, -0.05) is 36.0 Å². The summed E-state index contributed by atoms with van der Waals surface area (Å²) in [4.78, 5) is 27.2. The minimum Gasteiger partial charge on any atom is -0.338 e. The van der Waals surface area contributed by atoms with Crippen molar-refractivity contribution in [3.8, 4) is 0 Å². The van der Waals surface area contributed by atoms with Crippen LogP contribution in [0.4, 0.5) is 5.69 Å². The summed E-state index contributed by atoms with van der Waals surface area (Å²) in [5.74, 6) is -0.0358. The van der Waals surface area contributed by atoms with E-state index in [1.807, 2.05) is 11.9 Å². The van der Waals surface area contributed by atoms with Crippen LogP contribution in [0.1, 0.15) is 25.7 Å². The molecule has 1 saturated heterocycles. The summed E-state index contributed by atoms with van der Waals surface area (Å²) in [6.07, 6.45) is 4.53. The highest BCUT2D eigenvalue weighted by Crippen LogP contribution is 2.24. The largest absolute Gasteiger partial charge is 0.338 e. The molecule has 1 heterocycles. The normalized spacial score (nSPS) is 16.4. The Morgan fingerprint density at radius 1 is 1.08 bits per heavy atom. The SMILES string of the molecule is C[NH+](CC(=O)Nc1ccc(Cl)c(Cl)c1)CC(=O)N1CCCCCC1. The molecule has 1 aliphatic rings. The number of likely N-dealkylation sites (N-methyl/N-ethyl adjacent to an activating group) is 1. The van der Waals surface area contributed by atoms with E-state index in [1.54, 1.807) is 18.2 Å². The lowest BCUT2D eigenvalue weighted by Gasteiger charge is -2.22. The van der Waals surface area contributed by atoms with Gasteiger partial charge in [-0.05, 0) is 31.0 Å². The lowest BCUT2D eigenvalue weighted by molar-refractivity contribution is -0.862. The van der Waals surface area contributed by atoms with E-state index in [9.17, 15) is 9.59 Å². The van der Waals surface area contributed by atoms with E-state index in [-0.39, 0.29) is 18.4 Å². The Balaban J connectivity index is 1.80. The first-order valence-corrected chi connectivity index (χ1v) is 9.05. The van der Waals surface area contributed by atoms with Gasteiger partial charge in [-0.25, -0.2) is 0 Å². The lowest BCUT2D eigenvalue weighted by atomic mass is 10.2. The second kappa shape index (κ2) is 9.25. The maximum Gasteiger partial charge on any atom is 0.279 e. The number of nitrogens with one attached hydrogen (secondary N) is 2. The predicted molar refractivity (Wildman–Crippen MR) is 96.8 cm³/mol. The quantitative estimate of drug-likeness (QED) is 0.828. The van der Waals surface area contributed by atoms with E-state index < -0.39 is 0 Å². The molecule has 0 aromatic heterocycles. The number of hydrogen-bond donors (Lipinski definition) is 2. The Morgan fingerprint density at radius 3 is 2.38 bits per heavy atom. The molecule has 2 amide bonds. The van der Waals surface area contributed by atoms with Gasteiger partial charge >= 0.3 is 0 Å². The smallest absolute Gasteiger partial charge is 0.279 e. The molecular formula is C17H24Cl2N3O2+. The number of hydrogen-bond acceptors (Lipinski definition) is 2. The highest BCUT2D eigenvalue weighted by Gasteiger charge is 2.20. The third-order valence-corrected chi connectivity index (χ3v) is 4.82. The molecule has 1 unspecified atom stereocenters. The van der Waals surface area contributed by atoms with Crippen molar-refractivity contribution in [1.29, 1.82) is 0 Å². The van der Waals surface area contributed by atoms with Crippen LogP contribution in [0, 0.1) is 0 Å². The molecule has 7 heteroatoms. The minimum absolute atomic E-state index is 0.122. The maximum absolute atomic E-state index is 12.3. The summed E-state index contributed by atoms with van der Waals surface area (Å²) in [5, 5.41) is 3.62. The molecule has 1 fully saturated rings. The average molecular weight is 373 g/mol. The summed E-state index contributed by atoms with van der Waals surface area (Å²) in [5.41, 5.74) is 0.598. The molecular weight excluding hydrogens is 349 g/mol. The van der Waals surface area contributed by atoms with Gasteiger partial charge in [0.15, 0.2) is 13.1 Å². The van der Waals surface area contributed by atoms with Crippen LogP contribution in [-0.4, -0.2) is 49.9 Å². The fraction of sp³-hybridized carbons (Fsp3) is 0.529. The van der Waals surface area contributed by atoms with Crippen LogP contribution in [-0.2, 0) is 9.59 Å². The number of nitrogens with zero attached hydrogens (tertiary/aromatic N) is 1. The number of amides is 2. The van der Waals surface area contributed by atoms with E-state index in [4.69, 9.17) is 23.2 Å². The highest BCUT2D eigenvalue weighted by atomic mass is 35.5. The average Bonchev–Trinajstić information content (AvgIpc) is 2.80. The number of carbonyl (C=O) groups is 2. The Hall–Kier alpha value is -1.30. The number of halogens is 2. The van der Waals surface area contributed by atoms with Crippen molar-refractivity contribution < 1.29 is 14.5 Å². The second-order valence-corrected chi connectivity index (χ2v) is 7.10. The molecule has 0 radical (unpaired) electrons. The first kappa shape index (κ1) is 19.0. The van der Waals surface area contributed by atoms with Gasteiger partial charge in [-0.15, -0.1) is 0 Å². The minimum atomic E-state index is -0.158. The van der Waals surface area contributed by atoms with E-state index in [1.165, 1.54) is 12.8 Å². The lowest BCUT2D eigenvalue weighted by Crippen LogP contribution is -3.11. The molecule has 0 bridgehead atoms. The first-order valence-electron chi connectivity index (χ1n) is 8.29. The Bertz CT molecular complexity index is 587. The van der Waals surface area contributed by atoms with E-state index in [0.29, 0.717) is 22.3 Å². The fourth-order valence-electron chi connectivity index (χ4n) is 2.81. The zero-order chi connectivity index (χ0) is 17.5. The standard InChI is InChI=1S/C17H23Cl2N3O2/c1-21(12-17(24)22-8-4-2-3-5-9-22)11-16(23)20-13-6-7-14(18)15(19)10-13/h6-7,10H,2-5,8-9,11-12H2,1H3,(H,20,23)/p+1. The number of rotatable bonds is 5. The van der Waals surface area contributed by atoms with Crippen LogP contribution < -0.4 is 10.2 Å². The third kappa shape index (κ3) is 5.96. The van der Waals surface area contributed by atoms with E-state index in [2.05, 4.69) is 5.32 Å². The van der Waals surface area contributed by atoms with Gasteiger partial charge in [0.2, 0.25) is 0 Å². The molecule has 2 rings (SSSR count). The molecule has 0 spiro atoms. The molecule has 2 N–H and O–H groups in total. The van der Waals surface area contributed by atoms with Gasteiger partial charge < -0.3 is 15.1 Å². The molecule has 1 aliphatic heterocycles. The Kier molecular flexibility index (Phi) is 7.34. The van der Waals surface area contributed by atoms with Gasteiger partial charge in [0.25, 0.3) is 11.8 Å². The molecule has 5 nitrogen and oxygen atoms in total. The molecule has 1 aromatic carbocycles. The number of anilines is 1. The summed E-state index contributed by atoms with van der Waals surface area (Å²) >= 11 is 11.8. The van der Waals surface area contributed by atoms with Crippen molar-refractivity contribution in [3.63, 3.8) is 0 Å². The summed E-state index contributed by atoms with van der Waals surface area (Å²) in [6, 6.07) is 4.95. The zero-order valence-corrected chi connectivity index (χ0v) is 15.4. The van der Waals surface area contributed by atoms with Gasteiger partial charge in [-0.2, -0.15) is 0 Å². The van der Waals surface area contributed by atoms with Crippen molar-refractivity contribution in [2.75, 3.05) is 38.5 Å². The number of quaternary nitrogens is 1. The maximum atomic E-state index is 12.3. The molecule has 1 aromatic rings. The number of likely N-dealkylation sites (tertiary alicyclic amines) is 1. The van der Waals surface area contributed by atoms with Gasteiger partial charge in [0, 0.05) is 18.8 Å². The van der Waals surface area contributed by atoms with Crippen LogP contribution in [0.2, 0.25) is 10.0 Å². The highest BCUT2D eigenvalue weighted by molar-refractivity contribution is 6.42. The Labute approximate surface area is 152 Å². The fourth-order valence-corrected chi connectivity index (χ4v) is 3.10. The summed E-state index contributed by atoms with van der Waals surface area (Å²) in [7, 11) is 1.85. The van der Waals surface area contributed by atoms with Gasteiger partial charge in [0.05, 0.1) is 17.1 Å². The van der Waals surface area contributed by atoms with E-state index >= 15 is 0 Å². The van der Waals surface area contributed by atoms with Crippen molar-refractivity contribution >= 4 is 40.7 Å². The van der Waals surface area contributed by atoms with Crippen LogP contribution >= 0.6 is 23.2 Å². The zero-order valence-electron chi connectivity index (χ0n) is 13.9. The summed E-state index contributed by atoms with van der Waals surface area (Å²) in [6.45, 7) is 2.22. The van der Waals surface area contributed by atoms with Crippen LogP contribution in [0.5, 0.6) is 0 Å². The second-order valence-electron chi connectivity index (χ2n) is 6.28. The van der Waals surface area contributed by atoms with Crippen molar-refractivity contribution in [1.82, 2.24) is 4.90 Å². The molecule has 1 atom stereocenters. The van der Waals surface area contributed by atoms with Gasteiger partial charge in [0.1, 0.15) is 0 Å². The number of carbonyl (C=O) groups excluding carboxylic acids is 2. The molecule has 0 saturated carbocycles.